The molecule has 3 rings (SSSR count). The van der Waals surface area contributed by atoms with Gasteiger partial charge in [0.1, 0.15) is 30.0 Å². The quantitative estimate of drug-likeness (QED) is 0.731. The number of hydrogen-bond donors (Lipinski definition) is 1. The second-order valence-corrected chi connectivity index (χ2v) is 6.47. The van der Waals surface area contributed by atoms with Gasteiger partial charge in [0.05, 0.1) is 0 Å². The maximum Gasteiger partial charge on any atom is 0.291 e. The SMILES string of the molecule is CCCc1cc2c(=O)n(CC(=O)Nc3ccncn3)nc(C(C)C)n2c1. The molecule has 0 atom stereocenters. The van der Waals surface area contributed by atoms with Crippen molar-refractivity contribution in [3.63, 3.8) is 0 Å². The zero-order chi connectivity index (χ0) is 18.7. The summed E-state index contributed by atoms with van der Waals surface area (Å²) in [6, 6.07) is 3.47. The number of amides is 1. The van der Waals surface area contributed by atoms with Crippen LogP contribution in [-0.4, -0.2) is 30.1 Å². The van der Waals surface area contributed by atoms with Crippen LogP contribution in [0.15, 0.2) is 35.6 Å². The van der Waals surface area contributed by atoms with E-state index in [-0.39, 0.29) is 23.9 Å². The number of hydrogen-bond acceptors (Lipinski definition) is 5. The van der Waals surface area contributed by atoms with Gasteiger partial charge in [-0.05, 0) is 24.1 Å². The number of aryl methyl sites for hydroxylation is 1. The molecule has 3 aromatic rings. The molecule has 0 aliphatic rings. The summed E-state index contributed by atoms with van der Waals surface area (Å²) in [7, 11) is 0. The lowest BCUT2D eigenvalue weighted by molar-refractivity contribution is -0.117. The fraction of sp³-hybridized carbons (Fsp3) is 0.389. The molecule has 1 N–H and O–H groups in total. The van der Waals surface area contributed by atoms with Crippen molar-refractivity contribution in [2.45, 2.75) is 46.1 Å². The first kappa shape index (κ1) is 17.8. The molecule has 3 heterocycles. The highest BCUT2D eigenvalue weighted by molar-refractivity contribution is 5.89. The Morgan fingerprint density at radius 2 is 2.15 bits per heavy atom. The Kier molecular flexibility index (Phi) is 5.11. The van der Waals surface area contributed by atoms with E-state index in [2.05, 4.69) is 27.3 Å². The lowest BCUT2D eigenvalue weighted by Crippen LogP contribution is -2.32. The average Bonchev–Trinajstić information content (AvgIpc) is 3.02. The third-order valence-corrected chi connectivity index (χ3v) is 4.00. The van der Waals surface area contributed by atoms with Gasteiger partial charge < -0.3 is 5.32 Å². The third kappa shape index (κ3) is 3.63. The van der Waals surface area contributed by atoms with E-state index in [1.54, 1.807) is 6.07 Å². The average molecular weight is 354 g/mol. The second-order valence-electron chi connectivity index (χ2n) is 6.47. The summed E-state index contributed by atoms with van der Waals surface area (Å²) in [6.45, 7) is 5.95. The van der Waals surface area contributed by atoms with Crippen LogP contribution in [0, 0.1) is 0 Å². The molecule has 0 spiro atoms. The number of carbonyl (C=O) groups excluding carboxylic acids is 1. The Morgan fingerprint density at radius 1 is 1.35 bits per heavy atom. The molecular formula is C18H22N6O2. The highest BCUT2D eigenvalue weighted by Crippen LogP contribution is 2.16. The van der Waals surface area contributed by atoms with E-state index in [0.717, 1.165) is 24.2 Å². The highest BCUT2D eigenvalue weighted by Gasteiger charge is 2.16. The summed E-state index contributed by atoms with van der Waals surface area (Å²) in [4.78, 5) is 32.8. The third-order valence-electron chi connectivity index (χ3n) is 4.00. The van der Waals surface area contributed by atoms with E-state index in [4.69, 9.17) is 0 Å². The Bertz CT molecular complexity index is 975. The van der Waals surface area contributed by atoms with Gasteiger partial charge in [0.2, 0.25) is 5.91 Å². The molecule has 26 heavy (non-hydrogen) atoms. The molecular weight excluding hydrogens is 332 g/mol. The van der Waals surface area contributed by atoms with Gasteiger partial charge in [-0.1, -0.05) is 27.2 Å². The Hall–Kier alpha value is -3.03. The zero-order valence-electron chi connectivity index (χ0n) is 15.1. The summed E-state index contributed by atoms with van der Waals surface area (Å²) in [6.07, 6.45) is 6.74. The van der Waals surface area contributed by atoms with E-state index in [1.165, 1.54) is 17.2 Å². The number of nitrogens with one attached hydrogen (secondary N) is 1. The normalized spacial score (nSPS) is 11.2. The molecule has 0 fully saturated rings. The smallest absolute Gasteiger partial charge is 0.291 e. The molecule has 0 aliphatic heterocycles. The highest BCUT2D eigenvalue weighted by atomic mass is 16.2. The lowest BCUT2D eigenvalue weighted by Gasteiger charge is -2.12. The van der Waals surface area contributed by atoms with Gasteiger partial charge >= 0.3 is 0 Å². The molecule has 0 radical (unpaired) electrons. The number of fused-ring (bicyclic) bond motifs is 1. The molecule has 136 valence electrons. The van der Waals surface area contributed by atoms with Crippen LogP contribution >= 0.6 is 0 Å². The monoisotopic (exact) mass is 354 g/mol. The van der Waals surface area contributed by atoms with Crippen molar-refractivity contribution in [1.82, 2.24) is 24.1 Å². The van der Waals surface area contributed by atoms with Crippen LogP contribution in [0.4, 0.5) is 5.82 Å². The maximum absolute atomic E-state index is 12.8. The molecule has 0 bridgehead atoms. The summed E-state index contributed by atoms with van der Waals surface area (Å²) in [5, 5.41) is 7.07. The van der Waals surface area contributed by atoms with E-state index >= 15 is 0 Å². The number of carbonyl (C=O) groups is 1. The topological polar surface area (TPSA) is 94.2 Å². The first-order valence-corrected chi connectivity index (χ1v) is 8.67. The molecule has 1 amide bonds. The van der Waals surface area contributed by atoms with Crippen LogP contribution < -0.4 is 10.9 Å². The van der Waals surface area contributed by atoms with Gasteiger partial charge in [-0.15, -0.1) is 0 Å². The number of aromatic nitrogens is 5. The van der Waals surface area contributed by atoms with E-state index in [9.17, 15) is 9.59 Å². The van der Waals surface area contributed by atoms with Gasteiger partial charge in [-0.2, -0.15) is 5.10 Å². The fourth-order valence-corrected chi connectivity index (χ4v) is 2.83. The van der Waals surface area contributed by atoms with Crippen molar-refractivity contribution in [3.8, 4) is 0 Å². The van der Waals surface area contributed by atoms with Gasteiger partial charge in [-0.3, -0.25) is 14.0 Å². The number of rotatable bonds is 6. The van der Waals surface area contributed by atoms with Crippen LogP contribution in [-0.2, 0) is 17.8 Å². The summed E-state index contributed by atoms with van der Waals surface area (Å²) >= 11 is 0. The van der Waals surface area contributed by atoms with Crippen molar-refractivity contribution in [3.05, 3.63) is 52.6 Å². The van der Waals surface area contributed by atoms with Crippen molar-refractivity contribution in [2.75, 3.05) is 5.32 Å². The van der Waals surface area contributed by atoms with Crippen LogP contribution in [0.2, 0.25) is 0 Å². The predicted octanol–water partition coefficient (Wildman–Crippen LogP) is 2.00. The largest absolute Gasteiger partial charge is 0.309 e. The van der Waals surface area contributed by atoms with Crippen LogP contribution in [0.5, 0.6) is 0 Å². The lowest BCUT2D eigenvalue weighted by atomic mass is 10.2. The van der Waals surface area contributed by atoms with Crippen molar-refractivity contribution in [1.29, 1.82) is 0 Å². The molecule has 0 aromatic carbocycles. The number of anilines is 1. The second kappa shape index (κ2) is 7.47. The summed E-state index contributed by atoms with van der Waals surface area (Å²) in [5.41, 5.74) is 1.35. The molecule has 0 unspecified atom stereocenters. The minimum atomic E-state index is -0.363. The van der Waals surface area contributed by atoms with E-state index < -0.39 is 0 Å². The minimum absolute atomic E-state index is 0.108. The van der Waals surface area contributed by atoms with Crippen molar-refractivity contribution >= 4 is 17.2 Å². The molecule has 0 saturated heterocycles. The van der Waals surface area contributed by atoms with Gasteiger partial charge in [0.15, 0.2) is 0 Å². The Labute approximate surface area is 150 Å². The maximum atomic E-state index is 12.8. The fourth-order valence-electron chi connectivity index (χ4n) is 2.83. The van der Waals surface area contributed by atoms with Crippen LogP contribution in [0.1, 0.15) is 44.5 Å². The molecule has 3 aromatic heterocycles. The molecule has 0 saturated carbocycles. The van der Waals surface area contributed by atoms with E-state index in [0.29, 0.717) is 11.3 Å². The first-order chi connectivity index (χ1) is 12.5. The van der Waals surface area contributed by atoms with Gasteiger partial charge in [0.25, 0.3) is 5.56 Å². The van der Waals surface area contributed by atoms with Crippen LogP contribution in [0.3, 0.4) is 0 Å². The standard InChI is InChI=1S/C18H22N6O2/c1-4-5-13-8-14-18(26)24(22-17(12(2)3)23(14)9-13)10-16(25)21-15-6-7-19-11-20-15/h6-9,11-12H,4-5,10H2,1-3H3,(H,19,20,21,25). The Balaban J connectivity index is 1.96. The van der Waals surface area contributed by atoms with Gasteiger partial charge in [0, 0.05) is 18.3 Å². The predicted molar refractivity (Wildman–Crippen MR) is 98.2 cm³/mol. The van der Waals surface area contributed by atoms with Gasteiger partial charge in [-0.25, -0.2) is 14.6 Å². The molecule has 8 heteroatoms. The van der Waals surface area contributed by atoms with E-state index in [1.807, 2.05) is 30.5 Å². The molecule has 8 nitrogen and oxygen atoms in total. The molecule has 0 aliphatic carbocycles. The Morgan fingerprint density at radius 3 is 2.81 bits per heavy atom. The summed E-state index contributed by atoms with van der Waals surface area (Å²) < 4.78 is 3.06. The van der Waals surface area contributed by atoms with Crippen molar-refractivity contribution in [2.24, 2.45) is 0 Å². The van der Waals surface area contributed by atoms with Crippen molar-refractivity contribution < 1.29 is 4.79 Å². The van der Waals surface area contributed by atoms with Crippen LogP contribution in [0.25, 0.3) is 5.52 Å². The first-order valence-electron chi connectivity index (χ1n) is 8.67. The minimum Gasteiger partial charge on any atom is -0.309 e. The zero-order valence-corrected chi connectivity index (χ0v) is 15.1. The number of nitrogens with zero attached hydrogens (tertiary/aromatic N) is 5. The summed E-state index contributed by atoms with van der Waals surface area (Å²) in [5.74, 6) is 0.877.